The summed E-state index contributed by atoms with van der Waals surface area (Å²) in [6, 6.07) is 8.01. The van der Waals surface area contributed by atoms with Crippen LogP contribution in [0, 0.1) is 0 Å². The van der Waals surface area contributed by atoms with Crippen molar-refractivity contribution in [3.8, 4) is 0 Å². The van der Waals surface area contributed by atoms with E-state index in [0.717, 1.165) is 5.56 Å². The van der Waals surface area contributed by atoms with E-state index < -0.39 is 5.97 Å². The molecule has 1 rings (SSSR count). The van der Waals surface area contributed by atoms with Crippen LogP contribution in [0.25, 0.3) is 6.08 Å². The summed E-state index contributed by atoms with van der Waals surface area (Å²) in [5.41, 5.74) is 2.20. The molecule has 1 aromatic rings. The zero-order chi connectivity index (χ0) is 15.0. The fourth-order valence-corrected chi connectivity index (χ4v) is 1.59. The lowest BCUT2D eigenvalue weighted by Gasteiger charge is -2.04. The summed E-state index contributed by atoms with van der Waals surface area (Å²) in [6.45, 7) is 6.19. The van der Waals surface area contributed by atoms with Gasteiger partial charge in [0.25, 0.3) is 0 Å². The van der Waals surface area contributed by atoms with E-state index in [4.69, 9.17) is 4.74 Å². The monoisotopic (exact) mass is 275 g/mol. The van der Waals surface area contributed by atoms with Gasteiger partial charge in [-0.15, -0.1) is 0 Å². The Morgan fingerprint density at radius 1 is 1.25 bits per heavy atom. The molecule has 4 nitrogen and oxygen atoms in total. The first-order valence-electron chi connectivity index (χ1n) is 6.74. The van der Waals surface area contributed by atoms with Crippen LogP contribution in [-0.4, -0.2) is 25.0 Å². The molecule has 0 spiro atoms. The molecule has 0 heterocycles. The molecule has 4 heteroatoms. The van der Waals surface area contributed by atoms with Gasteiger partial charge in [0.15, 0.2) is 0 Å². The lowest BCUT2D eigenvalue weighted by molar-refractivity contribution is -0.143. The molecule has 0 saturated carbocycles. The van der Waals surface area contributed by atoms with Crippen LogP contribution in [0.4, 0.5) is 0 Å². The number of carbonyl (C=O) groups excluding carboxylic acids is 2. The maximum absolute atomic E-state index is 11.5. The highest BCUT2D eigenvalue weighted by molar-refractivity contribution is 5.93. The van der Waals surface area contributed by atoms with Crippen molar-refractivity contribution < 1.29 is 14.3 Å². The third-order valence-corrected chi connectivity index (χ3v) is 2.74. The van der Waals surface area contributed by atoms with Crippen molar-refractivity contribution in [2.75, 3.05) is 13.2 Å². The molecule has 0 aliphatic heterocycles. The van der Waals surface area contributed by atoms with Crippen LogP contribution in [0.15, 0.2) is 30.3 Å². The van der Waals surface area contributed by atoms with Gasteiger partial charge in [-0.1, -0.05) is 38.1 Å². The van der Waals surface area contributed by atoms with Gasteiger partial charge in [0.2, 0.25) is 5.91 Å². The van der Waals surface area contributed by atoms with Crippen LogP contribution >= 0.6 is 0 Å². The Bertz CT molecular complexity index is 475. The molecule has 0 fully saturated rings. The molecule has 1 aromatic carbocycles. The van der Waals surface area contributed by atoms with Gasteiger partial charge < -0.3 is 10.1 Å². The Labute approximate surface area is 119 Å². The highest BCUT2D eigenvalue weighted by atomic mass is 16.5. The first-order chi connectivity index (χ1) is 9.52. The molecule has 0 atom stereocenters. The van der Waals surface area contributed by atoms with E-state index in [0.29, 0.717) is 12.5 Å². The number of esters is 1. The number of ether oxygens (including phenoxy) is 1. The summed E-state index contributed by atoms with van der Waals surface area (Å²) in [5.74, 6) is -0.262. The maximum Gasteiger partial charge on any atom is 0.325 e. The number of carbonyl (C=O) groups is 2. The second kappa shape index (κ2) is 8.15. The van der Waals surface area contributed by atoms with E-state index >= 15 is 0 Å². The third-order valence-electron chi connectivity index (χ3n) is 2.74. The van der Waals surface area contributed by atoms with Crippen LogP contribution < -0.4 is 5.32 Å². The summed E-state index contributed by atoms with van der Waals surface area (Å²) in [5, 5.41) is 2.47. The molecule has 0 bridgehead atoms. The Morgan fingerprint density at radius 3 is 2.45 bits per heavy atom. The zero-order valence-corrected chi connectivity index (χ0v) is 12.2. The molecular formula is C16H21NO3. The van der Waals surface area contributed by atoms with Crippen molar-refractivity contribution in [3.05, 3.63) is 41.5 Å². The van der Waals surface area contributed by atoms with Gasteiger partial charge in [-0.3, -0.25) is 9.59 Å². The van der Waals surface area contributed by atoms with E-state index in [-0.39, 0.29) is 12.5 Å². The van der Waals surface area contributed by atoms with E-state index in [1.165, 1.54) is 11.6 Å². The third kappa shape index (κ3) is 5.69. The smallest absolute Gasteiger partial charge is 0.325 e. The van der Waals surface area contributed by atoms with E-state index in [2.05, 4.69) is 19.2 Å². The summed E-state index contributed by atoms with van der Waals surface area (Å²) in [7, 11) is 0. The van der Waals surface area contributed by atoms with Gasteiger partial charge in [0.1, 0.15) is 6.54 Å². The van der Waals surface area contributed by atoms with Crippen LogP contribution in [0.5, 0.6) is 0 Å². The lowest BCUT2D eigenvalue weighted by Crippen LogP contribution is -2.29. The van der Waals surface area contributed by atoms with Crippen LogP contribution in [0.3, 0.4) is 0 Å². The van der Waals surface area contributed by atoms with Crippen LogP contribution in [-0.2, 0) is 14.3 Å². The normalized spacial score (nSPS) is 10.8. The lowest BCUT2D eigenvalue weighted by atomic mass is 10.0. The average Bonchev–Trinajstić information content (AvgIpc) is 2.43. The highest BCUT2D eigenvalue weighted by Gasteiger charge is 2.03. The summed E-state index contributed by atoms with van der Waals surface area (Å²) in [6.07, 6.45) is 3.12. The number of amides is 1. The molecule has 1 amide bonds. The summed E-state index contributed by atoms with van der Waals surface area (Å²) < 4.78 is 4.71. The Balaban J connectivity index is 2.46. The van der Waals surface area contributed by atoms with Crippen molar-refractivity contribution in [2.24, 2.45) is 0 Å². The fourth-order valence-electron chi connectivity index (χ4n) is 1.59. The van der Waals surface area contributed by atoms with E-state index in [1.807, 2.05) is 24.3 Å². The number of nitrogens with one attached hydrogen (secondary N) is 1. The topological polar surface area (TPSA) is 55.4 Å². The van der Waals surface area contributed by atoms with Gasteiger partial charge >= 0.3 is 5.97 Å². The minimum absolute atomic E-state index is 0.108. The van der Waals surface area contributed by atoms with Crippen molar-refractivity contribution in [3.63, 3.8) is 0 Å². The second-order valence-corrected chi connectivity index (χ2v) is 4.68. The van der Waals surface area contributed by atoms with Crippen LogP contribution in [0.1, 0.15) is 37.8 Å². The van der Waals surface area contributed by atoms with Gasteiger partial charge in [-0.2, -0.15) is 0 Å². The van der Waals surface area contributed by atoms with Gasteiger partial charge in [0, 0.05) is 6.08 Å². The minimum atomic E-state index is -0.435. The molecule has 0 aliphatic carbocycles. The minimum Gasteiger partial charge on any atom is -0.465 e. The van der Waals surface area contributed by atoms with E-state index in [1.54, 1.807) is 13.0 Å². The average molecular weight is 275 g/mol. The molecule has 20 heavy (non-hydrogen) atoms. The Morgan fingerprint density at radius 2 is 1.90 bits per heavy atom. The first-order valence-corrected chi connectivity index (χ1v) is 6.74. The van der Waals surface area contributed by atoms with Crippen molar-refractivity contribution in [2.45, 2.75) is 26.7 Å². The van der Waals surface area contributed by atoms with Gasteiger partial charge in [-0.05, 0) is 30.0 Å². The van der Waals surface area contributed by atoms with Crippen molar-refractivity contribution in [1.82, 2.24) is 5.32 Å². The highest BCUT2D eigenvalue weighted by Crippen LogP contribution is 2.15. The van der Waals surface area contributed by atoms with Gasteiger partial charge in [0.05, 0.1) is 6.61 Å². The number of hydrogen-bond acceptors (Lipinski definition) is 3. The fraction of sp³-hybridized carbons (Fsp3) is 0.375. The summed E-state index contributed by atoms with van der Waals surface area (Å²) in [4.78, 5) is 22.6. The molecule has 108 valence electrons. The molecular weight excluding hydrogens is 254 g/mol. The molecule has 0 saturated heterocycles. The predicted octanol–water partition coefficient (Wildman–Crippen LogP) is 2.50. The SMILES string of the molecule is CCOC(=O)CNC(=O)C=Cc1ccc(C(C)C)cc1. The molecule has 0 radical (unpaired) electrons. The van der Waals surface area contributed by atoms with Crippen LogP contribution in [0.2, 0.25) is 0 Å². The molecule has 1 N–H and O–H groups in total. The van der Waals surface area contributed by atoms with Crippen molar-refractivity contribution >= 4 is 18.0 Å². The summed E-state index contributed by atoms with van der Waals surface area (Å²) >= 11 is 0. The number of hydrogen-bond donors (Lipinski definition) is 1. The second-order valence-electron chi connectivity index (χ2n) is 4.68. The molecule has 0 aromatic heterocycles. The largest absolute Gasteiger partial charge is 0.465 e. The van der Waals surface area contributed by atoms with E-state index in [9.17, 15) is 9.59 Å². The first kappa shape index (κ1) is 16.0. The number of rotatable bonds is 6. The van der Waals surface area contributed by atoms with Gasteiger partial charge in [-0.25, -0.2) is 0 Å². The molecule has 0 unspecified atom stereocenters. The quantitative estimate of drug-likeness (QED) is 0.641. The maximum atomic E-state index is 11.5. The standard InChI is InChI=1S/C16H21NO3/c1-4-20-16(19)11-17-15(18)10-7-13-5-8-14(9-6-13)12(2)3/h5-10,12H,4,11H2,1-3H3,(H,17,18). The number of benzene rings is 1. The molecule has 0 aliphatic rings. The van der Waals surface area contributed by atoms with Crippen molar-refractivity contribution in [1.29, 1.82) is 0 Å². The zero-order valence-electron chi connectivity index (χ0n) is 12.2. The Kier molecular flexibility index (Phi) is 6.50. The Hall–Kier alpha value is -2.10. The predicted molar refractivity (Wildman–Crippen MR) is 79.2 cm³/mol.